The third-order valence-electron chi connectivity index (χ3n) is 19.9. The van der Waals surface area contributed by atoms with Crippen molar-refractivity contribution < 1.29 is 0 Å². The summed E-state index contributed by atoms with van der Waals surface area (Å²) in [5.74, 6) is 0. The van der Waals surface area contributed by atoms with Crippen LogP contribution in [0.4, 0.5) is 28.4 Å². The highest BCUT2D eigenvalue weighted by atomic mass is 32.3. The topological polar surface area (TPSA) is 6.48 Å². The predicted octanol–water partition coefficient (Wildman–Crippen LogP) is 18.0. The molecule has 0 N–H and O–H groups in total. The van der Waals surface area contributed by atoms with Crippen LogP contribution < -0.4 is 20.6 Å². The second kappa shape index (κ2) is 15.1. The number of para-hydroxylation sites is 2. The van der Waals surface area contributed by atoms with Crippen LogP contribution in [-0.4, -0.2) is 6.85 Å². The minimum absolute atomic E-state index is 0.0280. The Morgan fingerprint density at radius 3 is 1.55 bits per heavy atom. The lowest BCUT2D eigenvalue weighted by Crippen LogP contribution is -2.63. The van der Waals surface area contributed by atoms with Crippen LogP contribution in [0.2, 0.25) is 0 Å². The highest BCUT2D eigenvalue weighted by Gasteiger charge is 2.55. The second-order valence-electron chi connectivity index (χ2n) is 25.9. The van der Waals surface area contributed by atoms with Crippen LogP contribution in [0.1, 0.15) is 132 Å². The molecule has 2 nitrogen and oxygen atoms in total. The maximum Gasteiger partial charge on any atom is 0.333 e. The van der Waals surface area contributed by atoms with Crippen molar-refractivity contribution in [2.75, 3.05) is 9.71 Å². The highest BCUT2D eigenvalue weighted by molar-refractivity contribution is 8.34. The first-order valence-electron chi connectivity index (χ1n) is 27.9. The van der Waals surface area contributed by atoms with Gasteiger partial charge in [-0.2, -0.15) is 0 Å². The first-order valence-corrected chi connectivity index (χ1v) is 29.5. The average Bonchev–Trinajstić information content (AvgIpc) is 3.79. The molecule has 3 heterocycles. The molecule has 3 aliphatic heterocycles. The maximum absolute atomic E-state index is 2.85. The first kappa shape index (κ1) is 46.3. The Bertz CT molecular complexity index is 3970. The molecule has 374 valence electrons. The van der Waals surface area contributed by atoms with E-state index in [9.17, 15) is 0 Å². The highest BCUT2D eigenvalue weighted by Crippen LogP contribution is 2.80. The summed E-state index contributed by atoms with van der Waals surface area (Å²) in [6, 6.07) is 72.0. The zero-order valence-electron chi connectivity index (χ0n) is 46.1. The normalized spacial score (nSPS) is 19.3. The van der Waals surface area contributed by atoms with Crippen molar-refractivity contribution in [1.82, 2.24) is 0 Å². The van der Waals surface area contributed by atoms with E-state index >= 15 is 0 Å². The van der Waals surface area contributed by atoms with Gasteiger partial charge in [-0.15, -0.1) is 10.0 Å². The number of nitrogens with zero attached hydrogens (tertiary/aromatic N) is 2. The number of aryl methyl sites for hydroxylation is 1. The van der Waals surface area contributed by atoms with Gasteiger partial charge in [-0.3, -0.25) is 0 Å². The molecule has 0 aromatic heterocycles. The van der Waals surface area contributed by atoms with E-state index in [1.807, 2.05) is 0 Å². The lowest BCUT2D eigenvalue weighted by molar-refractivity contribution is 0.332. The van der Waals surface area contributed by atoms with Gasteiger partial charge >= 0.3 is 6.85 Å². The zero-order valence-corrected chi connectivity index (χ0v) is 46.9. The van der Waals surface area contributed by atoms with Crippen LogP contribution in [0.5, 0.6) is 0 Å². The summed E-state index contributed by atoms with van der Waals surface area (Å²) in [6.45, 7) is 27.1. The van der Waals surface area contributed by atoms with E-state index in [0.717, 1.165) is 6.42 Å². The summed E-state index contributed by atoms with van der Waals surface area (Å²) >= 11 is 0. The van der Waals surface area contributed by atoms with Gasteiger partial charge in [-0.1, -0.05) is 191 Å². The summed E-state index contributed by atoms with van der Waals surface area (Å²) in [5.41, 5.74) is 27.0. The molecule has 0 saturated carbocycles. The largest absolute Gasteiger partial charge is 0.375 e. The van der Waals surface area contributed by atoms with Gasteiger partial charge in [0.15, 0.2) is 0 Å². The summed E-state index contributed by atoms with van der Waals surface area (Å²) in [7, 11) is -2.03. The number of hydrogen-bond acceptors (Lipinski definition) is 2. The van der Waals surface area contributed by atoms with Crippen LogP contribution in [0.25, 0.3) is 22.3 Å². The van der Waals surface area contributed by atoms with Crippen molar-refractivity contribution in [3.05, 3.63) is 232 Å². The molecule has 3 aliphatic carbocycles. The standard InChI is InChI=1S/C72H67BN2S/c1-44-39-52-53(69(4,5)38-37-68(52,2)3)41-59(44)74-60-42-55-54(71(8,9)50-32-20-21-33-51(50)72(55,10)11)40-57(60)73-66-61(74)43-56-64(47-29-18-19-31-49(47)70(56,6)7)65(66)48-30-24-36-63-67(48)75(73)58-34-22-23-35-62(58)76(63,45-25-14-12-15-26-45)46-27-16-13-17-28-46/h12-36,39-43H,37-38H2,1-11H3. The Morgan fingerprint density at radius 1 is 0.395 bits per heavy atom. The van der Waals surface area contributed by atoms with Gasteiger partial charge < -0.3 is 9.71 Å². The fourth-order valence-electron chi connectivity index (χ4n) is 15.8. The molecule has 9 aromatic carbocycles. The maximum atomic E-state index is 2.85. The molecule has 0 amide bonds. The third-order valence-corrected chi connectivity index (χ3v) is 23.8. The van der Waals surface area contributed by atoms with Crippen molar-refractivity contribution in [1.29, 1.82) is 0 Å². The van der Waals surface area contributed by atoms with Crippen LogP contribution >= 0.6 is 10.0 Å². The van der Waals surface area contributed by atoms with E-state index < -0.39 is 10.0 Å². The van der Waals surface area contributed by atoms with E-state index in [1.165, 1.54) is 138 Å². The number of rotatable bonds is 3. The van der Waals surface area contributed by atoms with E-state index in [2.05, 4.69) is 268 Å². The Hall–Kier alpha value is -7.01. The third kappa shape index (κ3) is 5.66. The molecule has 0 atom stereocenters. The smallest absolute Gasteiger partial charge is 0.333 e. The fraction of sp³-hybridized carbons (Fsp3) is 0.250. The van der Waals surface area contributed by atoms with Crippen molar-refractivity contribution >= 4 is 56.2 Å². The van der Waals surface area contributed by atoms with E-state index in [1.54, 1.807) is 0 Å². The molecule has 15 rings (SSSR count). The van der Waals surface area contributed by atoms with Crippen LogP contribution in [-0.2, 0) is 27.1 Å². The Labute approximate surface area is 453 Å². The SMILES string of the molecule is Cc1cc2c(cc1N1c3cc4c(cc3B3c5c1cc1c(c5-c5cccc6c5N3c3ccccc3S6(c3ccccc3)c3ccccc3)-c3ccccc3C1(C)C)C(C)(C)c1ccccc1C4(C)C)C(C)(C)CCC2(C)C. The molecule has 0 fully saturated rings. The number of hydrogen-bond donors (Lipinski definition) is 0. The van der Waals surface area contributed by atoms with Crippen molar-refractivity contribution in [2.45, 2.75) is 136 Å². The van der Waals surface area contributed by atoms with E-state index in [4.69, 9.17) is 0 Å². The summed E-state index contributed by atoms with van der Waals surface area (Å²) < 4.78 is 0. The summed E-state index contributed by atoms with van der Waals surface area (Å²) in [6.07, 6.45) is 2.34. The predicted molar refractivity (Wildman–Crippen MR) is 322 cm³/mol. The second-order valence-corrected chi connectivity index (χ2v) is 29.0. The van der Waals surface area contributed by atoms with Crippen molar-refractivity contribution in [3.8, 4) is 22.3 Å². The van der Waals surface area contributed by atoms with Crippen LogP contribution in [0.15, 0.2) is 202 Å². The van der Waals surface area contributed by atoms with Gasteiger partial charge in [0.25, 0.3) is 0 Å². The molecule has 76 heavy (non-hydrogen) atoms. The van der Waals surface area contributed by atoms with Gasteiger partial charge in [-0.25, -0.2) is 0 Å². The lowest BCUT2D eigenvalue weighted by Gasteiger charge is -2.55. The first-order chi connectivity index (χ1) is 36.4. The van der Waals surface area contributed by atoms with E-state index in [0.29, 0.717) is 0 Å². The minimum atomic E-state index is -2.03. The molecule has 6 aliphatic rings. The number of benzene rings is 9. The number of anilines is 5. The molecular formula is C72H67BN2S. The Kier molecular flexibility index (Phi) is 9.22. The van der Waals surface area contributed by atoms with Gasteiger partial charge in [0.1, 0.15) is 0 Å². The Balaban J connectivity index is 1.15. The fourth-order valence-corrected chi connectivity index (χ4v) is 20.0. The molecule has 0 saturated heterocycles. The summed E-state index contributed by atoms with van der Waals surface area (Å²) in [4.78, 5) is 11.2. The molecule has 9 aromatic rings. The van der Waals surface area contributed by atoms with E-state index in [-0.39, 0.29) is 33.9 Å². The molecule has 0 bridgehead atoms. The Morgan fingerprint density at radius 2 is 0.895 bits per heavy atom. The lowest BCUT2D eigenvalue weighted by atomic mass is 9.42. The molecular weight excluding hydrogens is 936 g/mol. The van der Waals surface area contributed by atoms with Gasteiger partial charge in [-0.05, 0) is 169 Å². The molecule has 4 heteroatoms. The van der Waals surface area contributed by atoms with Crippen LogP contribution in [0, 0.1) is 6.92 Å². The zero-order chi connectivity index (χ0) is 52.2. The van der Waals surface area contributed by atoms with Gasteiger partial charge in [0.05, 0.1) is 5.69 Å². The van der Waals surface area contributed by atoms with Crippen LogP contribution in [0.3, 0.4) is 0 Å². The summed E-state index contributed by atoms with van der Waals surface area (Å²) in [5, 5.41) is 0. The average molecular weight is 1000 g/mol. The quantitative estimate of drug-likeness (QED) is 0.163. The minimum Gasteiger partial charge on any atom is -0.375 e. The molecule has 0 radical (unpaired) electrons. The monoisotopic (exact) mass is 1000 g/mol. The van der Waals surface area contributed by atoms with Gasteiger partial charge in [0.2, 0.25) is 0 Å². The molecule has 0 unspecified atom stereocenters. The van der Waals surface area contributed by atoms with Gasteiger partial charge in [0, 0.05) is 64.1 Å². The molecule has 0 spiro atoms. The number of fused-ring (bicyclic) bond motifs is 13. The van der Waals surface area contributed by atoms with Crippen molar-refractivity contribution in [3.63, 3.8) is 0 Å². The van der Waals surface area contributed by atoms with Crippen molar-refractivity contribution in [2.24, 2.45) is 0 Å².